The van der Waals surface area contributed by atoms with Crippen LogP contribution in [0, 0.1) is 0 Å². The molecular formula is C23H40N8O4S. The average Bonchev–Trinajstić information content (AvgIpc) is 2.80. The number of nitrogens with two attached hydrogens (primary N) is 1. The van der Waals surface area contributed by atoms with Crippen LogP contribution in [0.1, 0.15) is 31.4 Å². The van der Waals surface area contributed by atoms with Gasteiger partial charge in [0, 0.05) is 24.1 Å². The minimum Gasteiger partial charge on any atom is -0.512 e. The monoisotopic (exact) mass is 524 g/mol. The predicted octanol–water partition coefficient (Wildman–Crippen LogP) is 0.343. The van der Waals surface area contributed by atoms with E-state index in [0.29, 0.717) is 30.5 Å². The highest BCUT2D eigenvalue weighted by molar-refractivity contribution is 7.80. The summed E-state index contributed by atoms with van der Waals surface area (Å²) in [7, 11) is 1.70. The van der Waals surface area contributed by atoms with Crippen LogP contribution in [0.15, 0.2) is 40.5 Å². The number of aliphatic hydroxyl groups excluding tert-OH is 1. The zero-order valence-corrected chi connectivity index (χ0v) is 22.2. The molecule has 1 rings (SSSR count). The number of carboxylic acid groups (broad SMARTS) is 1. The maximum absolute atomic E-state index is 12.7. The van der Waals surface area contributed by atoms with E-state index in [1.807, 2.05) is 35.8 Å². The Morgan fingerprint density at radius 3 is 2.33 bits per heavy atom. The number of carbonyl (C=O) groups is 2. The molecule has 0 aliphatic rings. The molecule has 0 atom stereocenters. The molecule has 0 radical (unpaired) electrons. The van der Waals surface area contributed by atoms with Crippen molar-refractivity contribution in [2.75, 3.05) is 53.1 Å². The molecule has 0 saturated carbocycles. The van der Waals surface area contributed by atoms with E-state index in [4.69, 9.17) is 5.84 Å². The van der Waals surface area contributed by atoms with Crippen LogP contribution in [-0.4, -0.2) is 95.7 Å². The first-order valence-corrected chi connectivity index (χ1v) is 12.1. The molecule has 0 saturated heterocycles. The van der Waals surface area contributed by atoms with E-state index >= 15 is 0 Å². The van der Waals surface area contributed by atoms with Gasteiger partial charge in [-0.25, -0.2) is 5.43 Å². The lowest BCUT2D eigenvalue weighted by Crippen LogP contribution is -2.49. The van der Waals surface area contributed by atoms with Crippen LogP contribution < -0.4 is 22.0 Å². The number of hydrogen-bond donors (Lipinski definition) is 7. The molecule has 0 unspecified atom stereocenters. The molecule has 7 N–H and O–H groups in total. The summed E-state index contributed by atoms with van der Waals surface area (Å²) in [6.45, 7) is 9.72. The molecule has 1 amide bonds. The third-order valence-electron chi connectivity index (χ3n) is 5.13. The van der Waals surface area contributed by atoms with E-state index in [1.165, 1.54) is 0 Å². The Morgan fingerprint density at radius 2 is 1.81 bits per heavy atom. The van der Waals surface area contributed by atoms with Crippen molar-refractivity contribution >= 4 is 30.3 Å². The second kappa shape index (κ2) is 16.8. The van der Waals surface area contributed by atoms with Gasteiger partial charge in [0.2, 0.25) is 5.91 Å². The highest BCUT2D eigenvalue weighted by atomic mass is 32.1. The number of nitrogens with zero attached hydrogens (tertiary/aromatic N) is 4. The van der Waals surface area contributed by atoms with Crippen LogP contribution in [0.4, 0.5) is 0 Å². The van der Waals surface area contributed by atoms with Crippen molar-refractivity contribution in [2.24, 2.45) is 10.9 Å². The van der Waals surface area contributed by atoms with E-state index in [9.17, 15) is 19.8 Å². The molecule has 0 bridgehead atoms. The molecule has 0 aliphatic carbocycles. The summed E-state index contributed by atoms with van der Waals surface area (Å²) in [6.07, 6.45) is 0.842. The van der Waals surface area contributed by atoms with Gasteiger partial charge < -0.3 is 26.8 Å². The smallest absolute Gasteiger partial charge is 0.317 e. The summed E-state index contributed by atoms with van der Waals surface area (Å²) in [6, 6.07) is 5.46. The van der Waals surface area contributed by atoms with Crippen molar-refractivity contribution < 1.29 is 19.8 Å². The third-order valence-corrected chi connectivity index (χ3v) is 5.54. The molecular weight excluding hydrogens is 484 g/mol. The van der Waals surface area contributed by atoms with Gasteiger partial charge >= 0.3 is 5.97 Å². The van der Waals surface area contributed by atoms with E-state index < -0.39 is 5.97 Å². The van der Waals surface area contributed by atoms with Crippen molar-refractivity contribution in [2.45, 2.75) is 31.7 Å². The number of nitrogens with one attached hydrogen (secondary N) is 3. The Labute approximate surface area is 218 Å². The minimum atomic E-state index is -0.965. The SMILES string of the molecule is C=C(O)CN(CCC)CN(CC(=O)O)CN(CC)CC(=O)NCc1ccc(/C(=N/N)NNC)cc1S. The predicted molar refractivity (Wildman–Crippen MR) is 143 cm³/mol. The first-order chi connectivity index (χ1) is 17.1. The van der Waals surface area contributed by atoms with E-state index in [-0.39, 0.29) is 44.5 Å². The molecule has 0 fully saturated rings. The van der Waals surface area contributed by atoms with Crippen molar-refractivity contribution in [3.05, 3.63) is 41.7 Å². The Balaban J connectivity index is 2.76. The van der Waals surface area contributed by atoms with Crippen LogP contribution in [-0.2, 0) is 16.1 Å². The van der Waals surface area contributed by atoms with Crippen molar-refractivity contribution in [1.29, 1.82) is 0 Å². The quantitative estimate of drug-likeness (QED) is 0.0288. The summed E-state index contributed by atoms with van der Waals surface area (Å²) in [4.78, 5) is 30.2. The van der Waals surface area contributed by atoms with Gasteiger partial charge in [0.15, 0.2) is 5.84 Å². The molecule has 0 heterocycles. The zero-order valence-electron chi connectivity index (χ0n) is 21.3. The summed E-state index contributed by atoms with van der Waals surface area (Å²) in [5.74, 6) is 4.72. The standard InChI is InChI=1S/C23H40N8O4S/c1-5-9-30(12-17(3)32)16-31(14-22(34)35)15-29(6-2)13-21(33)26-11-19-8-7-18(10-20(19)36)23(27-24)28-25-4/h7-8,10,25,32,36H,3,5-6,9,11-16,24H2,1-2,4H3,(H,26,33)(H,27,28)(H,34,35). The molecule has 12 nitrogen and oxygen atoms in total. The fourth-order valence-corrected chi connectivity index (χ4v) is 3.84. The van der Waals surface area contributed by atoms with Crippen molar-refractivity contribution in [3.8, 4) is 0 Å². The van der Waals surface area contributed by atoms with Gasteiger partial charge in [-0.1, -0.05) is 32.6 Å². The maximum atomic E-state index is 12.7. The molecule has 0 aromatic heterocycles. The van der Waals surface area contributed by atoms with E-state index in [1.54, 1.807) is 18.0 Å². The van der Waals surface area contributed by atoms with Crippen molar-refractivity contribution in [3.63, 3.8) is 0 Å². The minimum absolute atomic E-state index is 0.0203. The summed E-state index contributed by atoms with van der Waals surface area (Å²) >= 11 is 4.51. The number of benzene rings is 1. The molecule has 1 aromatic rings. The lowest BCUT2D eigenvalue weighted by Gasteiger charge is -2.32. The van der Waals surface area contributed by atoms with Crippen LogP contribution in [0.2, 0.25) is 0 Å². The number of carboxylic acids is 1. The van der Waals surface area contributed by atoms with Gasteiger partial charge in [-0.05, 0) is 31.1 Å². The second-order valence-corrected chi connectivity index (χ2v) is 8.72. The first-order valence-electron chi connectivity index (χ1n) is 11.7. The average molecular weight is 525 g/mol. The van der Waals surface area contributed by atoms with Gasteiger partial charge in [0.25, 0.3) is 0 Å². The molecule has 0 aliphatic heterocycles. The zero-order chi connectivity index (χ0) is 27.1. The summed E-state index contributed by atoms with van der Waals surface area (Å²) in [5.41, 5.74) is 7.16. The number of aliphatic carboxylic acids is 1. The van der Waals surface area contributed by atoms with Gasteiger partial charge in [-0.15, -0.1) is 12.6 Å². The maximum Gasteiger partial charge on any atom is 0.317 e. The third kappa shape index (κ3) is 11.7. The van der Waals surface area contributed by atoms with Gasteiger partial charge in [0.05, 0.1) is 38.7 Å². The lowest BCUT2D eigenvalue weighted by molar-refractivity contribution is -0.139. The fourth-order valence-electron chi connectivity index (χ4n) is 3.55. The number of amides is 1. The number of aliphatic hydroxyl groups is 1. The Morgan fingerprint density at radius 1 is 1.11 bits per heavy atom. The second-order valence-electron chi connectivity index (χ2n) is 8.24. The molecule has 1 aromatic carbocycles. The Bertz CT molecular complexity index is 899. The van der Waals surface area contributed by atoms with Crippen LogP contribution in [0.25, 0.3) is 0 Å². The van der Waals surface area contributed by atoms with Crippen molar-refractivity contribution in [1.82, 2.24) is 30.9 Å². The Hall–Kier alpha value is -2.84. The lowest BCUT2D eigenvalue weighted by atomic mass is 10.1. The highest BCUT2D eigenvalue weighted by Crippen LogP contribution is 2.16. The van der Waals surface area contributed by atoms with Crippen LogP contribution >= 0.6 is 12.6 Å². The molecule has 202 valence electrons. The summed E-state index contributed by atoms with van der Waals surface area (Å²) < 4.78 is 0. The Kier molecular flexibility index (Phi) is 14.5. The highest BCUT2D eigenvalue weighted by Gasteiger charge is 2.19. The van der Waals surface area contributed by atoms with Gasteiger partial charge in [0.1, 0.15) is 0 Å². The van der Waals surface area contributed by atoms with Gasteiger partial charge in [-0.3, -0.25) is 24.3 Å². The van der Waals surface area contributed by atoms with E-state index in [0.717, 1.165) is 17.5 Å². The fraction of sp³-hybridized carbons (Fsp3) is 0.522. The number of amidine groups is 1. The number of carbonyl (C=O) groups excluding carboxylic acids is 1. The number of thiol groups is 1. The first kappa shape index (κ1) is 31.2. The van der Waals surface area contributed by atoms with E-state index in [2.05, 4.69) is 40.5 Å². The number of hydrazine groups is 1. The largest absolute Gasteiger partial charge is 0.512 e. The topological polar surface area (TPSA) is 159 Å². The number of likely N-dealkylation sites (N-methyl/N-ethyl adjacent to an activating group) is 1. The molecule has 36 heavy (non-hydrogen) atoms. The molecule has 0 spiro atoms. The van der Waals surface area contributed by atoms with Crippen LogP contribution in [0.3, 0.4) is 0 Å². The normalized spacial score (nSPS) is 11.8. The molecule has 13 heteroatoms. The number of hydrogen-bond acceptors (Lipinski definition) is 10. The number of rotatable bonds is 17. The summed E-state index contributed by atoms with van der Waals surface area (Å²) in [5, 5.41) is 25.5. The van der Waals surface area contributed by atoms with Crippen LogP contribution in [0.5, 0.6) is 0 Å². The van der Waals surface area contributed by atoms with Gasteiger partial charge in [-0.2, -0.15) is 5.10 Å². The number of hydrazone groups is 1.